The van der Waals surface area contributed by atoms with Crippen LogP contribution in [-0.2, 0) is 6.42 Å². The molecule has 1 rings (SSSR count). The van der Waals surface area contributed by atoms with Gasteiger partial charge in [0.15, 0.2) is 0 Å². The molecule has 3 nitrogen and oxygen atoms in total. The molecule has 0 aliphatic carbocycles. The number of aromatic nitrogens is 1. The second-order valence-corrected chi connectivity index (χ2v) is 1.62. The smallest absolute Gasteiger partial charge is 0.357 e. The molecule has 1 heterocycles. The first-order valence-electron chi connectivity index (χ1n) is 2.77. The second-order valence-electron chi connectivity index (χ2n) is 1.62. The van der Waals surface area contributed by atoms with Gasteiger partial charge in [-0.3, -0.25) is 4.98 Å². The maximum absolute atomic E-state index is 10.6. The molecule has 0 radical (unpaired) electrons. The molecule has 0 aliphatic heterocycles. The molecule has 48 valence electrons. The lowest BCUT2D eigenvalue weighted by Crippen LogP contribution is -2.06. The minimum atomic E-state index is -0.333. The molecule has 0 aromatic carbocycles. The van der Waals surface area contributed by atoms with E-state index in [9.17, 15) is 4.79 Å². The predicted molar refractivity (Wildman–Crippen MR) is 32.2 cm³/mol. The molecule has 0 fully saturated rings. The Morgan fingerprint density at radius 2 is 2.56 bits per heavy atom. The van der Waals surface area contributed by atoms with Gasteiger partial charge in [0.05, 0.1) is 6.20 Å². The van der Waals surface area contributed by atoms with E-state index in [2.05, 4.69) is 9.40 Å². The summed E-state index contributed by atoms with van der Waals surface area (Å²) < 4.78 is 4.53. The predicted octanol–water partition coefficient (Wildman–Crippen LogP) is 0.597. The zero-order valence-corrected chi connectivity index (χ0v) is 5.13. The minimum Gasteiger partial charge on any atom is -0.428 e. The van der Waals surface area contributed by atoms with Gasteiger partial charge in [0.2, 0.25) is 0 Å². The molecule has 0 spiro atoms. The Hall–Kier alpha value is -1.12. The van der Waals surface area contributed by atoms with Gasteiger partial charge in [-0.05, 0) is 6.42 Å². The summed E-state index contributed by atoms with van der Waals surface area (Å²) in [5.41, 5.74) is 0.150. The molecule has 1 aromatic heterocycles. The molecule has 0 unspecified atom stereocenters. The molecule has 0 amide bonds. The molecule has 1 aromatic rings. The van der Waals surface area contributed by atoms with Crippen molar-refractivity contribution in [2.45, 2.75) is 13.3 Å². The van der Waals surface area contributed by atoms with Crippen LogP contribution in [-0.4, -0.2) is 4.98 Å². The van der Waals surface area contributed by atoms with Crippen LogP contribution in [0.4, 0.5) is 0 Å². The van der Waals surface area contributed by atoms with Crippen molar-refractivity contribution in [3.8, 4) is 0 Å². The van der Waals surface area contributed by atoms with Crippen LogP contribution in [0.25, 0.3) is 0 Å². The van der Waals surface area contributed by atoms with Crippen molar-refractivity contribution >= 4 is 0 Å². The monoisotopic (exact) mass is 125 g/mol. The van der Waals surface area contributed by atoms with Gasteiger partial charge in [0, 0.05) is 0 Å². The number of hydrogen-bond acceptors (Lipinski definition) is 3. The van der Waals surface area contributed by atoms with Crippen LogP contribution in [0.1, 0.15) is 12.6 Å². The van der Waals surface area contributed by atoms with Gasteiger partial charge in [-0.1, -0.05) is 6.92 Å². The summed E-state index contributed by atoms with van der Waals surface area (Å²) >= 11 is 0. The van der Waals surface area contributed by atoms with Crippen molar-refractivity contribution < 1.29 is 4.42 Å². The highest BCUT2D eigenvalue weighted by molar-refractivity contribution is 4.90. The van der Waals surface area contributed by atoms with Crippen molar-refractivity contribution in [3.63, 3.8) is 0 Å². The van der Waals surface area contributed by atoms with Crippen LogP contribution in [0.2, 0.25) is 0 Å². The summed E-state index contributed by atoms with van der Waals surface area (Å²) in [5.74, 6) is 0. The van der Waals surface area contributed by atoms with E-state index in [1.807, 2.05) is 6.92 Å². The van der Waals surface area contributed by atoms with Crippen LogP contribution >= 0.6 is 0 Å². The third kappa shape index (κ3) is 1.16. The van der Waals surface area contributed by atoms with E-state index in [0.29, 0.717) is 12.1 Å². The summed E-state index contributed by atoms with van der Waals surface area (Å²) in [5, 5.41) is 0. The fourth-order valence-electron chi connectivity index (χ4n) is 0.569. The maximum Gasteiger partial charge on any atom is 0.357 e. The average molecular weight is 125 g/mol. The van der Waals surface area contributed by atoms with Crippen LogP contribution in [0.3, 0.4) is 0 Å². The highest BCUT2D eigenvalue weighted by Crippen LogP contribution is 1.83. The number of hydrogen-bond donors (Lipinski definition) is 0. The number of nitrogens with zero attached hydrogens (tertiary/aromatic N) is 1. The summed E-state index contributed by atoms with van der Waals surface area (Å²) in [4.78, 5) is 14.4. The van der Waals surface area contributed by atoms with Crippen LogP contribution in [0.5, 0.6) is 0 Å². The highest BCUT2D eigenvalue weighted by atomic mass is 16.4. The Kier molecular flexibility index (Phi) is 1.63. The first-order valence-corrected chi connectivity index (χ1v) is 2.77. The third-order valence-corrected chi connectivity index (χ3v) is 1.04. The van der Waals surface area contributed by atoms with Gasteiger partial charge in [-0.25, -0.2) is 4.79 Å². The number of aryl methyl sites for hydroxylation is 1. The normalized spacial score (nSPS) is 9.44. The summed E-state index contributed by atoms with van der Waals surface area (Å²) in [7, 11) is 0. The lowest BCUT2D eigenvalue weighted by Gasteiger charge is -1.87. The summed E-state index contributed by atoms with van der Waals surface area (Å²) in [6.45, 7) is 1.86. The average Bonchev–Trinajstić information content (AvgIpc) is 1.89. The third-order valence-electron chi connectivity index (χ3n) is 1.04. The molecule has 0 atom stereocenters. The van der Waals surface area contributed by atoms with E-state index >= 15 is 0 Å². The minimum absolute atomic E-state index is 0.333. The van der Waals surface area contributed by atoms with Gasteiger partial charge in [0.25, 0.3) is 0 Å². The molecular formula is C6H7NO2. The Labute approximate surface area is 52.3 Å². The van der Waals surface area contributed by atoms with E-state index < -0.39 is 0 Å². The van der Waals surface area contributed by atoms with Gasteiger partial charge < -0.3 is 4.42 Å². The van der Waals surface area contributed by atoms with Crippen molar-refractivity contribution in [2.75, 3.05) is 0 Å². The summed E-state index contributed by atoms with van der Waals surface area (Å²) in [6, 6.07) is 0. The zero-order valence-electron chi connectivity index (χ0n) is 5.13. The molecule has 0 saturated heterocycles. The van der Waals surface area contributed by atoms with Gasteiger partial charge in [-0.2, -0.15) is 0 Å². The SMILES string of the molecule is CCc1nccoc1=O. The molecule has 9 heavy (non-hydrogen) atoms. The van der Waals surface area contributed by atoms with Gasteiger partial charge >= 0.3 is 5.63 Å². The Bertz CT molecular complexity index is 241. The van der Waals surface area contributed by atoms with E-state index in [-0.39, 0.29) is 5.63 Å². The van der Waals surface area contributed by atoms with Crippen LogP contribution < -0.4 is 5.63 Å². The fourth-order valence-corrected chi connectivity index (χ4v) is 0.569. The molecular weight excluding hydrogens is 118 g/mol. The van der Waals surface area contributed by atoms with E-state index in [1.165, 1.54) is 12.5 Å². The zero-order chi connectivity index (χ0) is 6.69. The summed E-state index contributed by atoms with van der Waals surface area (Å²) in [6.07, 6.45) is 3.38. The lowest BCUT2D eigenvalue weighted by molar-refractivity contribution is 0.491. The molecule has 3 heteroatoms. The molecule has 0 saturated carbocycles. The van der Waals surface area contributed by atoms with Gasteiger partial charge in [0.1, 0.15) is 12.0 Å². The maximum atomic E-state index is 10.6. The van der Waals surface area contributed by atoms with Gasteiger partial charge in [-0.15, -0.1) is 0 Å². The van der Waals surface area contributed by atoms with Crippen LogP contribution in [0, 0.1) is 0 Å². The molecule has 0 N–H and O–H groups in total. The fraction of sp³-hybridized carbons (Fsp3) is 0.333. The first-order chi connectivity index (χ1) is 4.34. The molecule has 0 aliphatic rings. The standard InChI is InChI=1S/C6H7NO2/c1-2-5-6(8)9-4-3-7-5/h3-4H,2H2,1H3. The largest absolute Gasteiger partial charge is 0.428 e. The van der Waals surface area contributed by atoms with E-state index in [0.717, 1.165) is 0 Å². The van der Waals surface area contributed by atoms with E-state index in [4.69, 9.17) is 0 Å². The van der Waals surface area contributed by atoms with Crippen LogP contribution in [0.15, 0.2) is 21.7 Å². The van der Waals surface area contributed by atoms with E-state index in [1.54, 1.807) is 0 Å². The Balaban J connectivity index is 3.16. The Morgan fingerprint density at radius 1 is 1.78 bits per heavy atom. The first kappa shape index (κ1) is 6.01. The molecule has 0 bridgehead atoms. The Morgan fingerprint density at radius 3 is 3.00 bits per heavy atom. The highest BCUT2D eigenvalue weighted by Gasteiger charge is 1.94. The van der Waals surface area contributed by atoms with Crippen molar-refractivity contribution in [2.24, 2.45) is 0 Å². The second kappa shape index (κ2) is 2.44. The van der Waals surface area contributed by atoms with Crippen molar-refractivity contribution in [3.05, 3.63) is 28.6 Å². The lowest BCUT2D eigenvalue weighted by atomic mass is 10.4. The topological polar surface area (TPSA) is 43.1 Å². The number of rotatable bonds is 1. The quantitative estimate of drug-likeness (QED) is 0.552. The van der Waals surface area contributed by atoms with Crippen molar-refractivity contribution in [1.29, 1.82) is 0 Å². The van der Waals surface area contributed by atoms with Crippen molar-refractivity contribution in [1.82, 2.24) is 4.98 Å².